The Hall–Kier alpha value is -1.12. The Labute approximate surface area is 97.9 Å². The summed E-state index contributed by atoms with van der Waals surface area (Å²) in [6, 6.07) is 7.57. The molecule has 4 heteroatoms. The minimum atomic E-state index is 0.368. The Morgan fingerprint density at radius 3 is 2.67 bits per heavy atom. The van der Waals surface area contributed by atoms with Crippen LogP contribution < -0.4 is 0 Å². The van der Waals surface area contributed by atoms with Crippen molar-refractivity contribution in [3.8, 4) is 11.1 Å². The topological polar surface area (TPSA) is 25.8 Å². The summed E-state index contributed by atoms with van der Waals surface area (Å²) in [5.41, 5.74) is 2.60. The van der Waals surface area contributed by atoms with E-state index in [9.17, 15) is 0 Å². The summed E-state index contributed by atoms with van der Waals surface area (Å²) < 4.78 is 0. The molecule has 2 heterocycles. The van der Waals surface area contributed by atoms with Gasteiger partial charge in [-0.2, -0.15) is 0 Å². The highest BCUT2D eigenvalue weighted by Crippen LogP contribution is 2.25. The monoisotopic (exact) mass is 238 g/mol. The number of nitrogens with zero attached hydrogens (tertiary/aromatic N) is 2. The molecule has 0 atom stereocenters. The van der Waals surface area contributed by atoms with Crippen molar-refractivity contribution in [2.75, 3.05) is 0 Å². The fourth-order valence-electron chi connectivity index (χ4n) is 1.28. The van der Waals surface area contributed by atoms with Crippen LogP contribution in [-0.2, 0) is 5.88 Å². The van der Waals surface area contributed by atoms with Gasteiger partial charge in [0.25, 0.3) is 0 Å². The van der Waals surface area contributed by atoms with Crippen LogP contribution in [-0.4, -0.2) is 9.97 Å². The molecule has 15 heavy (non-hydrogen) atoms. The van der Waals surface area contributed by atoms with E-state index in [1.807, 2.05) is 24.3 Å². The lowest BCUT2D eigenvalue weighted by Gasteiger charge is -2.04. The summed E-state index contributed by atoms with van der Waals surface area (Å²) >= 11 is 11.7. The molecule has 0 spiro atoms. The second-order valence-corrected chi connectivity index (χ2v) is 3.64. The molecular weight excluding hydrogens is 231 g/mol. The van der Waals surface area contributed by atoms with Crippen LogP contribution in [0.5, 0.6) is 0 Å². The Morgan fingerprint density at radius 2 is 2.07 bits per heavy atom. The van der Waals surface area contributed by atoms with Gasteiger partial charge in [0.15, 0.2) is 0 Å². The summed E-state index contributed by atoms with van der Waals surface area (Å²) in [6.07, 6.45) is 3.47. The highest BCUT2D eigenvalue weighted by Gasteiger charge is 2.05. The molecule has 2 aromatic heterocycles. The van der Waals surface area contributed by atoms with Crippen LogP contribution in [0.25, 0.3) is 11.1 Å². The summed E-state index contributed by atoms with van der Waals surface area (Å²) in [5.74, 6) is 0.368. The minimum absolute atomic E-state index is 0.368. The lowest BCUT2D eigenvalue weighted by atomic mass is 10.1. The SMILES string of the molecule is ClCc1ccc(-c2cccnc2)c(Cl)n1. The molecule has 2 rings (SSSR count). The van der Waals surface area contributed by atoms with Crippen molar-refractivity contribution in [3.63, 3.8) is 0 Å². The van der Waals surface area contributed by atoms with Crippen molar-refractivity contribution in [2.24, 2.45) is 0 Å². The molecule has 0 saturated carbocycles. The van der Waals surface area contributed by atoms with Gasteiger partial charge in [-0.05, 0) is 18.2 Å². The molecule has 76 valence electrons. The van der Waals surface area contributed by atoms with E-state index in [-0.39, 0.29) is 0 Å². The Kier molecular flexibility index (Phi) is 3.19. The lowest BCUT2D eigenvalue weighted by molar-refractivity contribution is 1.17. The highest BCUT2D eigenvalue weighted by molar-refractivity contribution is 6.32. The van der Waals surface area contributed by atoms with E-state index in [4.69, 9.17) is 23.2 Å². The van der Waals surface area contributed by atoms with Crippen molar-refractivity contribution >= 4 is 23.2 Å². The third kappa shape index (κ3) is 2.28. The summed E-state index contributed by atoms with van der Waals surface area (Å²) in [7, 11) is 0. The Bertz CT molecular complexity index is 457. The van der Waals surface area contributed by atoms with Gasteiger partial charge in [0.05, 0.1) is 11.6 Å². The number of alkyl halides is 1. The largest absolute Gasteiger partial charge is 0.264 e. The first-order chi connectivity index (χ1) is 7.31. The normalized spacial score (nSPS) is 10.3. The van der Waals surface area contributed by atoms with E-state index in [2.05, 4.69) is 9.97 Å². The molecule has 0 aliphatic rings. The van der Waals surface area contributed by atoms with E-state index < -0.39 is 0 Å². The van der Waals surface area contributed by atoms with Crippen molar-refractivity contribution in [3.05, 3.63) is 47.5 Å². The predicted octanol–water partition coefficient (Wildman–Crippen LogP) is 3.54. The quantitative estimate of drug-likeness (QED) is 0.591. The molecule has 0 saturated heterocycles. The van der Waals surface area contributed by atoms with Gasteiger partial charge in [0.1, 0.15) is 5.15 Å². The zero-order valence-corrected chi connectivity index (χ0v) is 9.33. The molecule has 0 aliphatic heterocycles. The molecule has 0 radical (unpaired) electrons. The first-order valence-corrected chi connectivity index (χ1v) is 5.34. The number of hydrogen-bond acceptors (Lipinski definition) is 2. The highest BCUT2D eigenvalue weighted by atomic mass is 35.5. The molecule has 0 N–H and O–H groups in total. The van der Waals surface area contributed by atoms with E-state index in [0.717, 1.165) is 16.8 Å². The van der Waals surface area contributed by atoms with Crippen molar-refractivity contribution < 1.29 is 0 Å². The zero-order chi connectivity index (χ0) is 10.7. The van der Waals surface area contributed by atoms with Crippen LogP contribution in [0.1, 0.15) is 5.69 Å². The first-order valence-electron chi connectivity index (χ1n) is 4.43. The third-order valence-electron chi connectivity index (χ3n) is 2.02. The first kappa shape index (κ1) is 10.4. The average molecular weight is 239 g/mol. The summed E-state index contributed by atoms with van der Waals surface area (Å²) in [5, 5.41) is 0.459. The molecule has 0 aliphatic carbocycles. The maximum atomic E-state index is 6.05. The van der Waals surface area contributed by atoms with Gasteiger partial charge in [-0.25, -0.2) is 4.98 Å². The van der Waals surface area contributed by atoms with Gasteiger partial charge >= 0.3 is 0 Å². The summed E-state index contributed by atoms with van der Waals surface area (Å²) in [6.45, 7) is 0. The van der Waals surface area contributed by atoms with E-state index in [1.165, 1.54) is 0 Å². The molecule has 2 nitrogen and oxygen atoms in total. The fourth-order valence-corrected chi connectivity index (χ4v) is 1.71. The lowest BCUT2D eigenvalue weighted by Crippen LogP contribution is -1.89. The average Bonchev–Trinajstić information content (AvgIpc) is 2.30. The van der Waals surface area contributed by atoms with E-state index in [1.54, 1.807) is 12.4 Å². The minimum Gasteiger partial charge on any atom is -0.264 e. The number of halogens is 2. The molecule has 0 fully saturated rings. The summed E-state index contributed by atoms with van der Waals surface area (Å²) in [4.78, 5) is 8.21. The smallest absolute Gasteiger partial charge is 0.137 e. The number of hydrogen-bond donors (Lipinski definition) is 0. The van der Waals surface area contributed by atoms with Crippen molar-refractivity contribution in [1.82, 2.24) is 9.97 Å². The van der Waals surface area contributed by atoms with Crippen LogP contribution in [0.2, 0.25) is 5.15 Å². The maximum Gasteiger partial charge on any atom is 0.137 e. The zero-order valence-electron chi connectivity index (χ0n) is 7.82. The van der Waals surface area contributed by atoms with Crippen LogP contribution in [0.4, 0.5) is 0 Å². The van der Waals surface area contributed by atoms with Crippen molar-refractivity contribution in [1.29, 1.82) is 0 Å². The van der Waals surface area contributed by atoms with Gasteiger partial charge in [0.2, 0.25) is 0 Å². The molecule has 2 aromatic rings. The van der Waals surface area contributed by atoms with Gasteiger partial charge in [-0.1, -0.05) is 17.7 Å². The Balaban J connectivity index is 2.46. The predicted molar refractivity (Wildman–Crippen MR) is 62.0 cm³/mol. The standard InChI is InChI=1S/C11H8Cl2N2/c12-6-9-3-4-10(11(13)15-9)8-2-1-5-14-7-8/h1-5,7H,6H2. The number of aromatic nitrogens is 2. The number of rotatable bonds is 2. The molecule has 0 amide bonds. The fraction of sp³-hybridized carbons (Fsp3) is 0.0909. The second-order valence-electron chi connectivity index (χ2n) is 3.02. The number of pyridine rings is 2. The molecule has 0 unspecified atom stereocenters. The Morgan fingerprint density at radius 1 is 1.20 bits per heavy atom. The molecular formula is C11H8Cl2N2. The van der Waals surface area contributed by atoms with E-state index in [0.29, 0.717) is 11.0 Å². The molecule has 0 bridgehead atoms. The maximum absolute atomic E-state index is 6.05. The second kappa shape index (κ2) is 4.60. The van der Waals surface area contributed by atoms with Gasteiger partial charge in [-0.3, -0.25) is 4.98 Å². The van der Waals surface area contributed by atoms with Gasteiger partial charge in [0, 0.05) is 23.5 Å². The third-order valence-corrected chi connectivity index (χ3v) is 2.58. The van der Waals surface area contributed by atoms with Crippen LogP contribution in [0.3, 0.4) is 0 Å². The van der Waals surface area contributed by atoms with Crippen LogP contribution >= 0.6 is 23.2 Å². The van der Waals surface area contributed by atoms with Crippen LogP contribution in [0, 0.1) is 0 Å². The van der Waals surface area contributed by atoms with E-state index >= 15 is 0 Å². The van der Waals surface area contributed by atoms with Crippen molar-refractivity contribution in [2.45, 2.75) is 5.88 Å². The van der Waals surface area contributed by atoms with Gasteiger partial charge in [-0.15, -0.1) is 11.6 Å². The molecule has 0 aromatic carbocycles. The van der Waals surface area contributed by atoms with Crippen LogP contribution in [0.15, 0.2) is 36.7 Å². The van der Waals surface area contributed by atoms with Gasteiger partial charge < -0.3 is 0 Å².